The molecule has 1 N–H and O–H groups in total. The van der Waals surface area contributed by atoms with Crippen LogP contribution in [-0.2, 0) is 0 Å². The highest BCUT2D eigenvalue weighted by molar-refractivity contribution is 9.10. The fourth-order valence-corrected chi connectivity index (χ4v) is 12.1. The number of hydrogen-bond donors (Lipinski definition) is 1. The molecule has 0 saturated heterocycles. The Balaban J connectivity index is 0.000000123. The van der Waals surface area contributed by atoms with E-state index in [2.05, 4.69) is 179 Å². The summed E-state index contributed by atoms with van der Waals surface area (Å²) in [6, 6.07) is 78.6. The molecule has 12 aromatic heterocycles. The predicted octanol–water partition coefficient (Wildman–Crippen LogP) is 18.6. The number of benzene rings is 6. The monoisotopic (exact) mass is 1210 g/mol. The molecular weight excluding hydrogens is 1160 g/mol. The summed E-state index contributed by atoms with van der Waals surface area (Å²) in [4.78, 5) is 41.2. The zero-order chi connectivity index (χ0) is 59.2. The summed E-state index contributed by atoms with van der Waals surface area (Å²) < 4.78 is 7.52. The summed E-state index contributed by atoms with van der Waals surface area (Å²) in [5.74, 6) is 1.69. The van der Waals surface area contributed by atoms with Crippen LogP contribution in [0.5, 0.6) is 0 Å². The van der Waals surface area contributed by atoms with Gasteiger partial charge in [0.15, 0.2) is 0 Å². The Bertz CT molecular complexity index is 5610. The number of hydrogen-bond acceptors (Lipinski definition) is 8. The van der Waals surface area contributed by atoms with Crippen LogP contribution in [0.3, 0.4) is 0 Å². The number of nitrogens with zero attached hydrogens (tertiary/aromatic N) is 11. The smallest absolute Gasteiger partial charge is 0.147 e. The highest BCUT2D eigenvalue weighted by Crippen LogP contribution is 2.39. The van der Waals surface area contributed by atoms with E-state index in [-0.39, 0.29) is 0 Å². The van der Waals surface area contributed by atoms with Gasteiger partial charge in [-0.05, 0) is 119 Å². The maximum Gasteiger partial charge on any atom is 0.147 e. The average molecular weight is 1210 g/mol. The van der Waals surface area contributed by atoms with Gasteiger partial charge in [-0.25, -0.2) is 19.9 Å². The molecule has 12 nitrogen and oxygen atoms in total. The molecule has 0 atom stereocenters. The third-order valence-electron chi connectivity index (χ3n) is 16.3. The van der Waals surface area contributed by atoms with Crippen LogP contribution < -0.4 is 0 Å². The lowest BCUT2D eigenvalue weighted by Crippen LogP contribution is -1.98. The zero-order valence-corrected chi connectivity index (χ0v) is 49.1. The number of fused-ring (bicyclic) bond motifs is 12. The fraction of sp³-hybridized carbons (Fsp3) is 0. The third-order valence-corrected chi connectivity index (χ3v) is 16.8. The number of nitrogens with one attached hydrogen (secondary N) is 1. The first kappa shape index (κ1) is 52.7. The molecule has 420 valence electrons. The van der Waals surface area contributed by atoms with Gasteiger partial charge in [0.1, 0.15) is 22.9 Å². The number of halogens is 1. The Kier molecular flexibility index (Phi) is 13.4. The third kappa shape index (κ3) is 9.87. The predicted molar refractivity (Wildman–Crippen MR) is 364 cm³/mol. The Morgan fingerprint density at radius 2 is 0.876 bits per heavy atom. The highest BCUT2D eigenvalue weighted by Gasteiger charge is 2.21. The number of pyridine rings is 8. The van der Waals surface area contributed by atoms with E-state index >= 15 is 0 Å². The van der Waals surface area contributed by atoms with Crippen molar-refractivity contribution in [3.05, 3.63) is 297 Å². The molecule has 18 rings (SSSR count). The molecule has 0 saturated carbocycles. The van der Waals surface area contributed by atoms with Crippen molar-refractivity contribution >= 4 is 103 Å². The summed E-state index contributed by atoms with van der Waals surface area (Å²) in [5.41, 5.74) is 17.5. The average Bonchev–Trinajstić information content (AvgIpc) is 1.62. The second-order valence-electron chi connectivity index (χ2n) is 21.6. The van der Waals surface area contributed by atoms with E-state index in [0.717, 1.165) is 148 Å². The standard InChI is InChI=1S/C38H24N6.C27H17N5.C11H8BrN/c1-2-7-26(8-3-1)34-21-31-32-23-41-38-30(18-20-43(38)36-17-14-27-9-4-5-11-33(27)42-36)37(32)44(35(31)24-40-34)29-15-12-25(13-16-29)28-10-6-19-39-22-28;1-2-6-17(7-3-1)23-14-20-21-15-29-27-19(26(21)31-24(20)16-28-23)12-13-32(27)25-11-10-18-8-4-5-9-22(18)30-25;12-11-5-3-9(4-6-11)10-2-1-7-13-8-10/h1-24H;1-16,31H;1-8H. The minimum absolute atomic E-state index is 0.835. The number of aromatic nitrogens is 12. The summed E-state index contributed by atoms with van der Waals surface area (Å²) in [6.07, 6.45) is 19.3. The summed E-state index contributed by atoms with van der Waals surface area (Å²) >= 11 is 3.40. The van der Waals surface area contributed by atoms with Crippen LogP contribution in [0, 0.1) is 0 Å². The molecule has 0 fully saturated rings. The van der Waals surface area contributed by atoms with Crippen molar-refractivity contribution in [2.24, 2.45) is 0 Å². The molecule has 0 spiro atoms. The second-order valence-corrected chi connectivity index (χ2v) is 22.5. The molecule has 18 aromatic rings. The van der Waals surface area contributed by atoms with Crippen molar-refractivity contribution in [1.82, 2.24) is 58.6 Å². The molecule has 0 aliphatic carbocycles. The highest BCUT2D eigenvalue weighted by atomic mass is 79.9. The Morgan fingerprint density at radius 3 is 1.47 bits per heavy atom. The van der Waals surface area contributed by atoms with Gasteiger partial charge < -0.3 is 9.55 Å². The van der Waals surface area contributed by atoms with Crippen molar-refractivity contribution < 1.29 is 0 Å². The molecular formula is C76H49BrN12. The van der Waals surface area contributed by atoms with Crippen LogP contribution >= 0.6 is 15.9 Å². The van der Waals surface area contributed by atoms with Crippen molar-refractivity contribution in [2.45, 2.75) is 0 Å². The summed E-state index contributed by atoms with van der Waals surface area (Å²) in [6.45, 7) is 0. The number of aromatic amines is 1. The molecule has 0 aliphatic rings. The van der Waals surface area contributed by atoms with E-state index in [4.69, 9.17) is 24.9 Å². The normalized spacial score (nSPS) is 11.4. The van der Waals surface area contributed by atoms with Gasteiger partial charge in [0.25, 0.3) is 0 Å². The van der Waals surface area contributed by atoms with E-state index in [1.165, 1.54) is 5.56 Å². The van der Waals surface area contributed by atoms with Gasteiger partial charge in [-0.15, -0.1) is 0 Å². The zero-order valence-electron chi connectivity index (χ0n) is 47.5. The maximum absolute atomic E-state index is 5.02. The number of para-hydroxylation sites is 2. The van der Waals surface area contributed by atoms with Crippen molar-refractivity contribution in [2.75, 3.05) is 0 Å². The van der Waals surface area contributed by atoms with Crippen LogP contribution in [-0.4, -0.2) is 58.6 Å². The van der Waals surface area contributed by atoms with Crippen LogP contribution in [0.4, 0.5) is 0 Å². The first-order valence-electron chi connectivity index (χ1n) is 29.1. The van der Waals surface area contributed by atoms with Crippen LogP contribution in [0.15, 0.2) is 297 Å². The first-order chi connectivity index (χ1) is 44.0. The van der Waals surface area contributed by atoms with Crippen molar-refractivity contribution in [3.8, 4) is 62.1 Å². The Morgan fingerprint density at radius 1 is 0.360 bits per heavy atom. The van der Waals surface area contributed by atoms with Gasteiger partial charge in [-0.2, -0.15) is 0 Å². The molecule has 0 amide bonds. The summed E-state index contributed by atoms with van der Waals surface area (Å²) in [7, 11) is 0. The van der Waals surface area contributed by atoms with Gasteiger partial charge in [0.05, 0.1) is 56.9 Å². The first-order valence-corrected chi connectivity index (χ1v) is 29.9. The molecule has 0 radical (unpaired) electrons. The molecule has 89 heavy (non-hydrogen) atoms. The van der Waals surface area contributed by atoms with Crippen LogP contribution in [0.1, 0.15) is 0 Å². The lowest BCUT2D eigenvalue weighted by Gasteiger charge is -2.10. The molecule has 0 aliphatic heterocycles. The van der Waals surface area contributed by atoms with Gasteiger partial charge in [-0.3, -0.25) is 29.1 Å². The van der Waals surface area contributed by atoms with E-state index in [1.807, 2.05) is 151 Å². The topological polar surface area (TPSA) is 134 Å². The van der Waals surface area contributed by atoms with Crippen LogP contribution in [0.2, 0.25) is 0 Å². The minimum Gasteiger partial charge on any atom is -0.353 e. The summed E-state index contributed by atoms with van der Waals surface area (Å²) in [5, 5.41) is 8.75. The van der Waals surface area contributed by atoms with Crippen molar-refractivity contribution in [1.29, 1.82) is 0 Å². The minimum atomic E-state index is 0.835. The van der Waals surface area contributed by atoms with Crippen LogP contribution in [0.25, 0.3) is 150 Å². The molecule has 0 unspecified atom stereocenters. The second kappa shape index (κ2) is 22.6. The SMILES string of the molecule is Brc1ccc(-c2cccnc2)cc1.c1ccc(-c2cc3c(cn2)[nH]c2c3cnc3c2ccn3-c2ccc3ccccc3n2)cc1.c1ccc(-c2cc3c4cnc5c(ccn5-c5ccc6ccccc6n5)c4n(-c4ccc(-c5cccnc5)cc4)c3cn2)cc1. The molecule has 6 aromatic carbocycles. The number of rotatable bonds is 7. The van der Waals surface area contributed by atoms with Gasteiger partial charge in [0.2, 0.25) is 0 Å². The van der Waals surface area contributed by atoms with Gasteiger partial charge in [-0.1, -0.05) is 149 Å². The largest absolute Gasteiger partial charge is 0.353 e. The Hall–Kier alpha value is -11.8. The number of H-pyrrole nitrogens is 1. The molecule has 0 bridgehead atoms. The van der Waals surface area contributed by atoms with E-state index in [1.54, 1.807) is 12.4 Å². The van der Waals surface area contributed by atoms with Gasteiger partial charge in [0, 0.05) is 114 Å². The van der Waals surface area contributed by atoms with E-state index in [9.17, 15) is 0 Å². The van der Waals surface area contributed by atoms with Crippen molar-refractivity contribution in [3.63, 3.8) is 0 Å². The lowest BCUT2D eigenvalue weighted by molar-refractivity contribution is 1.04. The van der Waals surface area contributed by atoms with Gasteiger partial charge >= 0.3 is 0 Å². The maximum atomic E-state index is 5.02. The van der Waals surface area contributed by atoms with E-state index < -0.39 is 0 Å². The lowest BCUT2D eigenvalue weighted by atomic mass is 10.1. The molecule has 13 heteroatoms. The fourth-order valence-electron chi connectivity index (χ4n) is 11.9. The van der Waals surface area contributed by atoms with E-state index in [0.29, 0.717) is 0 Å². The quantitative estimate of drug-likeness (QED) is 0.167. The molecule has 12 heterocycles. The Labute approximate surface area is 518 Å².